The van der Waals surface area contributed by atoms with E-state index in [1.807, 2.05) is 12.3 Å². The van der Waals surface area contributed by atoms with Crippen molar-refractivity contribution in [3.63, 3.8) is 0 Å². The lowest BCUT2D eigenvalue weighted by atomic mass is 9.97. The van der Waals surface area contributed by atoms with Crippen molar-refractivity contribution in [3.05, 3.63) is 66.4 Å². The van der Waals surface area contributed by atoms with Crippen molar-refractivity contribution < 1.29 is 4.52 Å². The van der Waals surface area contributed by atoms with Gasteiger partial charge in [-0.05, 0) is 41.3 Å². The molecule has 4 heterocycles. The predicted octanol–water partition coefficient (Wildman–Crippen LogP) is 3.08. The van der Waals surface area contributed by atoms with Crippen LogP contribution in [0.15, 0.2) is 59.6 Å². The van der Waals surface area contributed by atoms with Gasteiger partial charge in [0.05, 0.1) is 5.69 Å². The van der Waals surface area contributed by atoms with Crippen molar-refractivity contribution in [3.8, 4) is 28.3 Å². The van der Waals surface area contributed by atoms with Gasteiger partial charge in [0.1, 0.15) is 12.1 Å². The second kappa shape index (κ2) is 5.13. The molecule has 0 fully saturated rings. The highest BCUT2D eigenvalue weighted by atomic mass is 16.5. The van der Waals surface area contributed by atoms with Gasteiger partial charge in [0.25, 0.3) is 0 Å². The van der Waals surface area contributed by atoms with E-state index in [0.717, 1.165) is 29.9 Å². The highest BCUT2D eigenvalue weighted by molar-refractivity contribution is 5.67. The average molecular weight is 315 g/mol. The van der Waals surface area contributed by atoms with Crippen LogP contribution in [0, 0.1) is 0 Å². The predicted molar refractivity (Wildman–Crippen MR) is 87.5 cm³/mol. The third-order valence-corrected chi connectivity index (χ3v) is 4.33. The second-order valence-corrected chi connectivity index (χ2v) is 5.75. The van der Waals surface area contributed by atoms with E-state index in [0.29, 0.717) is 11.5 Å². The molecule has 0 aliphatic carbocycles. The first-order chi connectivity index (χ1) is 11.9. The summed E-state index contributed by atoms with van der Waals surface area (Å²) < 4.78 is 7.03. The van der Waals surface area contributed by atoms with E-state index in [-0.39, 0.29) is 0 Å². The molecule has 116 valence electrons. The van der Waals surface area contributed by atoms with Crippen LogP contribution in [0.25, 0.3) is 28.3 Å². The Morgan fingerprint density at radius 3 is 2.83 bits per heavy atom. The molecule has 0 N–H and O–H groups in total. The molecule has 5 rings (SSSR count). The quantitative estimate of drug-likeness (QED) is 0.568. The van der Waals surface area contributed by atoms with Gasteiger partial charge in [-0.1, -0.05) is 17.3 Å². The first kappa shape index (κ1) is 13.2. The molecule has 0 atom stereocenters. The van der Waals surface area contributed by atoms with E-state index in [2.05, 4.69) is 49.2 Å². The molecule has 4 aromatic rings. The average Bonchev–Trinajstić information content (AvgIpc) is 3.31. The highest BCUT2D eigenvalue weighted by Gasteiger charge is 2.23. The van der Waals surface area contributed by atoms with Crippen LogP contribution in [0.4, 0.5) is 0 Å². The third-order valence-electron chi connectivity index (χ3n) is 4.33. The topological polar surface area (TPSA) is 69.6 Å². The molecule has 6 nitrogen and oxygen atoms in total. The number of aromatic nitrogens is 5. The number of rotatable bonds is 2. The first-order valence-electron chi connectivity index (χ1n) is 7.79. The zero-order valence-corrected chi connectivity index (χ0v) is 12.8. The summed E-state index contributed by atoms with van der Waals surface area (Å²) in [7, 11) is 0. The minimum atomic E-state index is 0.693. The lowest BCUT2D eigenvalue weighted by Crippen LogP contribution is -2.13. The molecule has 1 aromatic carbocycles. The van der Waals surface area contributed by atoms with Gasteiger partial charge in [0, 0.05) is 24.9 Å². The Hall–Kier alpha value is -3.28. The third kappa shape index (κ3) is 1.96. The number of fused-ring (bicyclic) bond motifs is 3. The van der Waals surface area contributed by atoms with Crippen LogP contribution in [0.1, 0.15) is 11.4 Å². The number of pyridine rings is 1. The monoisotopic (exact) mass is 315 g/mol. The fourth-order valence-corrected chi connectivity index (χ4v) is 3.19. The van der Waals surface area contributed by atoms with Crippen LogP contribution >= 0.6 is 0 Å². The Bertz CT molecular complexity index is 1010. The Morgan fingerprint density at radius 1 is 1.00 bits per heavy atom. The molecule has 0 bridgehead atoms. The van der Waals surface area contributed by atoms with Crippen LogP contribution in [0.3, 0.4) is 0 Å². The lowest BCUT2D eigenvalue weighted by Gasteiger charge is -2.20. The second-order valence-electron chi connectivity index (χ2n) is 5.75. The van der Waals surface area contributed by atoms with E-state index in [4.69, 9.17) is 4.52 Å². The molecule has 0 saturated carbocycles. The van der Waals surface area contributed by atoms with Crippen LogP contribution < -0.4 is 0 Å². The van der Waals surface area contributed by atoms with Crippen LogP contribution in [-0.4, -0.2) is 24.9 Å². The fraction of sp³-hybridized carbons (Fsp3) is 0.111. The summed E-state index contributed by atoms with van der Waals surface area (Å²) in [6.07, 6.45) is 7.02. The van der Waals surface area contributed by atoms with E-state index < -0.39 is 0 Å². The van der Waals surface area contributed by atoms with Crippen molar-refractivity contribution in [2.24, 2.45) is 0 Å². The summed E-state index contributed by atoms with van der Waals surface area (Å²) in [4.78, 5) is 4.20. The first-order valence-corrected chi connectivity index (χ1v) is 7.79. The zero-order valence-electron chi connectivity index (χ0n) is 12.8. The van der Waals surface area contributed by atoms with Crippen molar-refractivity contribution in [1.82, 2.24) is 24.9 Å². The zero-order chi connectivity index (χ0) is 15.9. The van der Waals surface area contributed by atoms with Crippen LogP contribution in [0.5, 0.6) is 0 Å². The maximum atomic E-state index is 4.96. The number of aryl methyl sites for hydroxylation is 2. The van der Waals surface area contributed by atoms with Gasteiger partial charge in [-0.25, -0.2) is 0 Å². The standard InChI is InChI=1S/C18H13N5O/c1-2-14(11-19-8-1)12-3-5-16-13(10-12)4-6-17-20-21-18(23(16)17)15-7-9-24-22-15/h1-3,5,7-11H,4,6H2. The normalized spacial score (nSPS) is 12.7. The lowest BCUT2D eigenvalue weighted by molar-refractivity contribution is 0.421. The molecule has 0 saturated heterocycles. The van der Waals surface area contributed by atoms with Gasteiger partial charge in [-0.15, -0.1) is 10.2 Å². The minimum absolute atomic E-state index is 0.693. The summed E-state index contributed by atoms with van der Waals surface area (Å²) in [6.45, 7) is 0. The summed E-state index contributed by atoms with van der Waals surface area (Å²) in [5.74, 6) is 1.67. The van der Waals surface area contributed by atoms with Crippen molar-refractivity contribution >= 4 is 0 Å². The van der Waals surface area contributed by atoms with Gasteiger partial charge >= 0.3 is 0 Å². The van der Waals surface area contributed by atoms with E-state index in [9.17, 15) is 0 Å². The largest absolute Gasteiger partial charge is 0.364 e. The van der Waals surface area contributed by atoms with Crippen LogP contribution in [-0.2, 0) is 12.8 Å². The summed E-state index contributed by atoms with van der Waals surface area (Å²) >= 11 is 0. The molecule has 24 heavy (non-hydrogen) atoms. The van der Waals surface area contributed by atoms with Gasteiger partial charge in [0.2, 0.25) is 0 Å². The number of nitrogens with zero attached hydrogens (tertiary/aromatic N) is 5. The molecular weight excluding hydrogens is 302 g/mol. The van der Waals surface area contributed by atoms with Gasteiger partial charge in [-0.2, -0.15) is 0 Å². The number of hydrogen-bond acceptors (Lipinski definition) is 5. The Labute approximate surface area is 137 Å². The van der Waals surface area contributed by atoms with Gasteiger partial charge in [0.15, 0.2) is 11.5 Å². The van der Waals surface area contributed by atoms with Gasteiger partial charge < -0.3 is 4.52 Å². The molecule has 1 aliphatic rings. The molecule has 0 amide bonds. The Balaban J connectivity index is 1.66. The van der Waals surface area contributed by atoms with Gasteiger partial charge in [-0.3, -0.25) is 9.55 Å². The maximum absolute atomic E-state index is 4.96. The minimum Gasteiger partial charge on any atom is -0.364 e. The SMILES string of the molecule is c1cncc(-c2ccc3c(c2)CCc2nnc(-c4ccon4)n2-3)c1. The highest BCUT2D eigenvalue weighted by Crippen LogP contribution is 2.32. The molecule has 0 radical (unpaired) electrons. The number of benzene rings is 1. The molecule has 0 spiro atoms. The smallest absolute Gasteiger partial charge is 0.190 e. The molecular formula is C18H13N5O. The summed E-state index contributed by atoms with van der Waals surface area (Å²) in [5, 5.41) is 12.6. The van der Waals surface area contributed by atoms with Crippen LogP contribution in [0.2, 0.25) is 0 Å². The van der Waals surface area contributed by atoms with E-state index in [1.54, 1.807) is 18.5 Å². The number of hydrogen-bond donors (Lipinski definition) is 0. The summed E-state index contributed by atoms with van der Waals surface area (Å²) in [6, 6.07) is 12.3. The molecule has 0 unspecified atom stereocenters. The fourth-order valence-electron chi connectivity index (χ4n) is 3.19. The summed E-state index contributed by atoms with van der Waals surface area (Å²) in [5.41, 5.74) is 5.35. The van der Waals surface area contributed by atoms with Crippen molar-refractivity contribution in [1.29, 1.82) is 0 Å². The Kier molecular flexibility index (Phi) is 2.82. The van der Waals surface area contributed by atoms with Crippen molar-refractivity contribution in [2.75, 3.05) is 0 Å². The van der Waals surface area contributed by atoms with Crippen molar-refractivity contribution in [2.45, 2.75) is 12.8 Å². The van der Waals surface area contributed by atoms with E-state index in [1.165, 1.54) is 11.1 Å². The maximum Gasteiger partial charge on any atom is 0.190 e. The molecule has 1 aliphatic heterocycles. The molecule has 3 aromatic heterocycles. The van der Waals surface area contributed by atoms with E-state index >= 15 is 0 Å². The molecule has 6 heteroatoms. The Morgan fingerprint density at radius 2 is 2.00 bits per heavy atom.